The lowest BCUT2D eigenvalue weighted by molar-refractivity contribution is -0.144. The fourth-order valence-electron chi connectivity index (χ4n) is 3.35. The van der Waals surface area contributed by atoms with Crippen LogP contribution in [0.5, 0.6) is 0 Å². The predicted octanol–water partition coefficient (Wildman–Crippen LogP) is 3.57. The minimum Gasteiger partial charge on any atom is -0.357 e. The predicted molar refractivity (Wildman–Crippen MR) is 110 cm³/mol. The molecule has 3 rings (SSSR count). The Bertz CT molecular complexity index is 1070. The molecule has 3 heterocycles. The number of rotatable bonds is 7. The lowest BCUT2D eigenvalue weighted by atomic mass is 10.1. The van der Waals surface area contributed by atoms with E-state index in [0.29, 0.717) is 29.1 Å². The van der Waals surface area contributed by atoms with E-state index in [1.54, 1.807) is 26.1 Å². The van der Waals surface area contributed by atoms with Crippen molar-refractivity contribution in [2.75, 3.05) is 23.3 Å². The highest BCUT2D eigenvalue weighted by Crippen LogP contribution is 2.27. The van der Waals surface area contributed by atoms with Gasteiger partial charge in [0, 0.05) is 30.9 Å². The van der Waals surface area contributed by atoms with Gasteiger partial charge in [0.15, 0.2) is 0 Å². The van der Waals surface area contributed by atoms with Crippen LogP contribution < -0.4 is 10.2 Å². The summed E-state index contributed by atoms with van der Waals surface area (Å²) >= 11 is 0. The molecule has 0 aromatic carbocycles. The summed E-state index contributed by atoms with van der Waals surface area (Å²) in [6.45, 7) is 9.07. The Kier molecular flexibility index (Phi) is 6.42. The summed E-state index contributed by atoms with van der Waals surface area (Å²) in [5, 5.41) is 6.31. The van der Waals surface area contributed by atoms with E-state index in [1.165, 1.54) is 0 Å². The zero-order valence-corrected chi connectivity index (χ0v) is 17.8. The van der Waals surface area contributed by atoms with E-state index in [-0.39, 0.29) is 18.1 Å². The standard InChI is InChI=1S/C20H24F3N7O/c1-5-29(6-2)16-9-7-14(11-24-16)26-17(31)10-8-15-12(3)25-19-27-18(20(21,22)23)28-30(19)13(15)4/h7,9,11H,5-6,8,10H2,1-4H3,(H,26,31). The summed E-state index contributed by atoms with van der Waals surface area (Å²) in [5.41, 5.74) is 2.23. The molecule has 11 heteroatoms. The largest absolute Gasteiger partial charge is 0.453 e. The van der Waals surface area contributed by atoms with Crippen molar-refractivity contribution in [1.29, 1.82) is 0 Å². The van der Waals surface area contributed by atoms with E-state index in [9.17, 15) is 18.0 Å². The number of nitrogens with one attached hydrogen (secondary N) is 1. The number of aromatic nitrogens is 5. The molecule has 0 bridgehead atoms. The van der Waals surface area contributed by atoms with Gasteiger partial charge in [0.05, 0.1) is 11.9 Å². The number of hydrogen-bond donors (Lipinski definition) is 1. The minimum absolute atomic E-state index is 0.116. The Balaban J connectivity index is 1.70. The maximum absolute atomic E-state index is 12.9. The molecule has 0 aliphatic rings. The van der Waals surface area contributed by atoms with Gasteiger partial charge in [-0.3, -0.25) is 4.79 Å². The average molecular weight is 435 g/mol. The number of hydrogen-bond acceptors (Lipinski definition) is 6. The van der Waals surface area contributed by atoms with Crippen LogP contribution in [0.3, 0.4) is 0 Å². The number of aryl methyl sites for hydroxylation is 2. The van der Waals surface area contributed by atoms with Crippen molar-refractivity contribution < 1.29 is 18.0 Å². The fraction of sp³-hybridized carbons (Fsp3) is 0.450. The van der Waals surface area contributed by atoms with Gasteiger partial charge in [0.1, 0.15) is 5.82 Å². The Hall–Kier alpha value is -3.24. The highest BCUT2D eigenvalue weighted by atomic mass is 19.4. The first-order valence-corrected chi connectivity index (χ1v) is 9.94. The zero-order valence-electron chi connectivity index (χ0n) is 17.8. The third-order valence-electron chi connectivity index (χ3n) is 5.02. The van der Waals surface area contributed by atoms with Crippen LogP contribution in [0.1, 0.15) is 43.0 Å². The fourth-order valence-corrected chi connectivity index (χ4v) is 3.35. The third-order valence-corrected chi connectivity index (χ3v) is 5.02. The number of carbonyl (C=O) groups is 1. The van der Waals surface area contributed by atoms with Gasteiger partial charge in [-0.25, -0.2) is 14.5 Å². The van der Waals surface area contributed by atoms with Crippen LogP contribution in [0.25, 0.3) is 5.78 Å². The second kappa shape index (κ2) is 8.86. The maximum Gasteiger partial charge on any atom is 0.453 e. The number of carbonyl (C=O) groups excluding carboxylic acids is 1. The first kappa shape index (κ1) is 22.4. The molecule has 3 aromatic heterocycles. The van der Waals surface area contributed by atoms with Crippen molar-refractivity contribution in [1.82, 2.24) is 24.6 Å². The van der Waals surface area contributed by atoms with Gasteiger partial charge in [-0.2, -0.15) is 18.2 Å². The van der Waals surface area contributed by atoms with Gasteiger partial charge in [0.2, 0.25) is 5.91 Å². The third kappa shape index (κ3) is 4.92. The van der Waals surface area contributed by atoms with Gasteiger partial charge >= 0.3 is 6.18 Å². The van der Waals surface area contributed by atoms with Crippen molar-refractivity contribution in [3.63, 3.8) is 0 Å². The minimum atomic E-state index is -4.65. The van der Waals surface area contributed by atoms with Gasteiger partial charge < -0.3 is 10.2 Å². The Morgan fingerprint density at radius 3 is 2.45 bits per heavy atom. The van der Waals surface area contributed by atoms with Crippen LogP contribution in [0, 0.1) is 13.8 Å². The zero-order chi connectivity index (χ0) is 22.8. The molecule has 0 fully saturated rings. The van der Waals surface area contributed by atoms with E-state index >= 15 is 0 Å². The number of anilines is 2. The summed E-state index contributed by atoms with van der Waals surface area (Å²) in [5.74, 6) is -0.751. The molecule has 1 N–H and O–H groups in total. The second-order valence-electron chi connectivity index (χ2n) is 7.03. The molecule has 0 atom stereocenters. The molecule has 0 aliphatic carbocycles. The molecule has 3 aromatic rings. The van der Waals surface area contributed by atoms with Gasteiger partial charge in [-0.15, -0.1) is 5.10 Å². The van der Waals surface area contributed by atoms with Crippen LogP contribution in [0.4, 0.5) is 24.7 Å². The molecule has 0 saturated heterocycles. The molecule has 0 unspecified atom stereocenters. The Morgan fingerprint density at radius 1 is 1.16 bits per heavy atom. The summed E-state index contributed by atoms with van der Waals surface area (Å²) < 4.78 is 39.8. The van der Waals surface area contributed by atoms with Crippen molar-refractivity contribution in [2.24, 2.45) is 0 Å². The van der Waals surface area contributed by atoms with E-state index in [0.717, 1.165) is 23.4 Å². The Morgan fingerprint density at radius 2 is 1.87 bits per heavy atom. The molecule has 0 radical (unpaired) electrons. The van der Waals surface area contributed by atoms with Crippen molar-refractivity contribution in [2.45, 2.75) is 46.7 Å². The molecule has 31 heavy (non-hydrogen) atoms. The van der Waals surface area contributed by atoms with E-state index in [2.05, 4.69) is 30.3 Å². The van der Waals surface area contributed by atoms with Crippen LogP contribution in [0.2, 0.25) is 0 Å². The highest BCUT2D eigenvalue weighted by molar-refractivity contribution is 5.90. The van der Waals surface area contributed by atoms with Crippen LogP contribution in [-0.4, -0.2) is 43.6 Å². The lowest BCUT2D eigenvalue weighted by Gasteiger charge is -2.19. The first-order chi connectivity index (χ1) is 14.6. The molecule has 8 nitrogen and oxygen atoms in total. The molecule has 0 spiro atoms. The number of fused-ring (bicyclic) bond motifs is 1. The summed E-state index contributed by atoms with van der Waals surface area (Å²) in [7, 11) is 0. The lowest BCUT2D eigenvalue weighted by Crippen LogP contribution is -2.23. The first-order valence-electron chi connectivity index (χ1n) is 9.94. The van der Waals surface area contributed by atoms with Crippen molar-refractivity contribution in [3.8, 4) is 0 Å². The SMILES string of the molecule is CCN(CC)c1ccc(NC(=O)CCc2c(C)nc3nc(C(F)(F)F)nn3c2C)cn1. The van der Waals surface area contributed by atoms with Crippen molar-refractivity contribution in [3.05, 3.63) is 41.1 Å². The molecule has 0 aliphatic heterocycles. The van der Waals surface area contributed by atoms with Crippen molar-refractivity contribution >= 4 is 23.2 Å². The van der Waals surface area contributed by atoms with E-state index in [1.807, 2.05) is 19.9 Å². The van der Waals surface area contributed by atoms with Gasteiger partial charge in [-0.05, 0) is 51.8 Å². The van der Waals surface area contributed by atoms with Gasteiger partial charge in [0.25, 0.3) is 11.6 Å². The van der Waals surface area contributed by atoms with Crippen LogP contribution >= 0.6 is 0 Å². The summed E-state index contributed by atoms with van der Waals surface area (Å²) in [6.07, 6.45) is -2.61. The van der Waals surface area contributed by atoms with E-state index in [4.69, 9.17) is 0 Å². The van der Waals surface area contributed by atoms with Gasteiger partial charge in [-0.1, -0.05) is 0 Å². The Labute approximate surface area is 177 Å². The molecule has 1 amide bonds. The number of halogens is 3. The summed E-state index contributed by atoms with van der Waals surface area (Å²) in [6, 6.07) is 3.63. The highest BCUT2D eigenvalue weighted by Gasteiger charge is 2.36. The molecular weight excluding hydrogens is 411 g/mol. The van der Waals surface area contributed by atoms with Crippen LogP contribution in [-0.2, 0) is 17.4 Å². The van der Waals surface area contributed by atoms with Crippen LogP contribution in [0.15, 0.2) is 18.3 Å². The average Bonchev–Trinajstić information content (AvgIpc) is 3.15. The quantitative estimate of drug-likeness (QED) is 0.610. The number of amides is 1. The monoisotopic (exact) mass is 435 g/mol. The molecular formula is C20H24F3N7O. The molecule has 0 saturated carbocycles. The summed E-state index contributed by atoms with van der Waals surface area (Å²) in [4.78, 5) is 26.4. The van der Waals surface area contributed by atoms with E-state index < -0.39 is 12.0 Å². The maximum atomic E-state index is 12.9. The topological polar surface area (TPSA) is 88.3 Å². The number of pyridine rings is 1. The smallest absolute Gasteiger partial charge is 0.357 e. The number of alkyl halides is 3. The normalized spacial score (nSPS) is 11.7. The second-order valence-corrected chi connectivity index (χ2v) is 7.03. The number of nitrogens with zero attached hydrogens (tertiary/aromatic N) is 6. The molecule has 166 valence electrons.